The first-order valence-electron chi connectivity index (χ1n) is 5.24. The minimum atomic E-state index is -0.477. The maximum Gasteiger partial charge on any atom is 0.269 e. The van der Waals surface area contributed by atoms with Crippen molar-refractivity contribution in [2.75, 3.05) is 0 Å². The van der Waals surface area contributed by atoms with Crippen molar-refractivity contribution in [3.63, 3.8) is 0 Å². The first kappa shape index (κ1) is 12.3. The molecule has 0 amide bonds. The van der Waals surface area contributed by atoms with Crippen LogP contribution in [0.3, 0.4) is 0 Å². The lowest BCUT2D eigenvalue weighted by Crippen LogP contribution is -2.01. The van der Waals surface area contributed by atoms with E-state index in [1.807, 2.05) is 12.1 Å². The molecule has 2 aromatic rings. The number of aromatic nitrogens is 2. The van der Waals surface area contributed by atoms with E-state index in [1.165, 1.54) is 23.0 Å². The van der Waals surface area contributed by atoms with Gasteiger partial charge >= 0.3 is 0 Å². The number of nitro groups is 1. The van der Waals surface area contributed by atoms with Crippen molar-refractivity contribution >= 4 is 5.69 Å². The second kappa shape index (κ2) is 4.98. The van der Waals surface area contributed by atoms with E-state index in [2.05, 4.69) is 4.98 Å². The van der Waals surface area contributed by atoms with Crippen molar-refractivity contribution in [1.29, 1.82) is 10.5 Å². The molecule has 0 fully saturated rings. The highest BCUT2D eigenvalue weighted by Gasteiger charge is 2.10. The summed E-state index contributed by atoms with van der Waals surface area (Å²) >= 11 is 0. The quantitative estimate of drug-likeness (QED) is 0.609. The van der Waals surface area contributed by atoms with Crippen LogP contribution in [0.25, 0.3) is 0 Å². The fourth-order valence-corrected chi connectivity index (χ4v) is 1.62. The SMILES string of the molecule is N#Cc1ncn(Cc2ccc([N+](=O)[O-])cc2)c1C#N. The fraction of sp³-hybridized carbons (Fsp3) is 0.0833. The number of imidazole rings is 1. The number of nitriles is 2. The van der Waals surface area contributed by atoms with E-state index in [1.54, 1.807) is 12.1 Å². The van der Waals surface area contributed by atoms with Gasteiger partial charge in [0.15, 0.2) is 11.4 Å². The van der Waals surface area contributed by atoms with Gasteiger partial charge in [-0.05, 0) is 5.56 Å². The van der Waals surface area contributed by atoms with Crippen molar-refractivity contribution in [3.05, 3.63) is 57.7 Å². The van der Waals surface area contributed by atoms with E-state index in [0.29, 0.717) is 6.54 Å². The van der Waals surface area contributed by atoms with Crippen molar-refractivity contribution in [2.24, 2.45) is 0 Å². The van der Waals surface area contributed by atoms with Gasteiger partial charge in [0.1, 0.15) is 12.1 Å². The molecule has 0 N–H and O–H groups in total. The monoisotopic (exact) mass is 253 g/mol. The van der Waals surface area contributed by atoms with Crippen molar-refractivity contribution in [3.8, 4) is 12.1 Å². The summed E-state index contributed by atoms with van der Waals surface area (Å²) in [6.45, 7) is 0.329. The van der Waals surface area contributed by atoms with Gasteiger partial charge in [-0.15, -0.1) is 0 Å². The van der Waals surface area contributed by atoms with E-state index >= 15 is 0 Å². The molecular weight excluding hydrogens is 246 g/mol. The van der Waals surface area contributed by atoms with Crippen LogP contribution < -0.4 is 0 Å². The molecule has 7 nitrogen and oxygen atoms in total. The van der Waals surface area contributed by atoms with Crippen molar-refractivity contribution in [1.82, 2.24) is 9.55 Å². The maximum atomic E-state index is 10.5. The van der Waals surface area contributed by atoms with Crippen LogP contribution in [0.1, 0.15) is 17.0 Å². The van der Waals surface area contributed by atoms with Gasteiger partial charge in [-0.2, -0.15) is 10.5 Å². The first-order valence-corrected chi connectivity index (χ1v) is 5.24. The molecule has 0 atom stereocenters. The summed E-state index contributed by atoms with van der Waals surface area (Å²) in [6, 6.07) is 9.74. The molecule has 0 aliphatic heterocycles. The summed E-state index contributed by atoms with van der Waals surface area (Å²) in [5.74, 6) is 0. The highest BCUT2D eigenvalue weighted by Crippen LogP contribution is 2.14. The van der Waals surface area contributed by atoms with Gasteiger partial charge in [0.05, 0.1) is 11.3 Å². The Balaban J connectivity index is 2.27. The number of nitrogens with zero attached hydrogens (tertiary/aromatic N) is 5. The number of rotatable bonds is 3. The normalized spacial score (nSPS) is 9.58. The van der Waals surface area contributed by atoms with Gasteiger partial charge in [0, 0.05) is 18.7 Å². The minimum Gasteiger partial charge on any atom is -0.317 e. The molecule has 0 bridgehead atoms. The molecule has 0 unspecified atom stereocenters. The summed E-state index contributed by atoms with van der Waals surface area (Å²) in [5, 5.41) is 28.3. The molecule has 0 spiro atoms. The Bertz CT molecular complexity index is 703. The summed E-state index contributed by atoms with van der Waals surface area (Å²) in [7, 11) is 0. The second-order valence-electron chi connectivity index (χ2n) is 3.72. The number of benzene rings is 1. The number of hydrogen-bond acceptors (Lipinski definition) is 5. The minimum absolute atomic E-state index is 0.00704. The summed E-state index contributed by atoms with van der Waals surface area (Å²) in [6.07, 6.45) is 1.40. The van der Waals surface area contributed by atoms with Crippen LogP contribution in [-0.2, 0) is 6.54 Å². The van der Waals surface area contributed by atoms with Crippen LogP contribution in [-0.4, -0.2) is 14.5 Å². The average molecular weight is 253 g/mol. The fourth-order valence-electron chi connectivity index (χ4n) is 1.62. The zero-order valence-corrected chi connectivity index (χ0v) is 9.65. The van der Waals surface area contributed by atoms with E-state index in [-0.39, 0.29) is 17.1 Å². The number of non-ortho nitro benzene ring substituents is 1. The third-order valence-electron chi connectivity index (χ3n) is 2.55. The van der Waals surface area contributed by atoms with Crippen LogP contribution >= 0.6 is 0 Å². The zero-order chi connectivity index (χ0) is 13.8. The Morgan fingerprint density at radius 3 is 2.47 bits per heavy atom. The Labute approximate surface area is 108 Å². The third kappa shape index (κ3) is 2.40. The number of nitro benzene ring substituents is 1. The van der Waals surface area contributed by atoms with Crippen molar-refractivity contribution < 1.29 is 4.92 Å². The molecule has 0 aliphatic rings. The molecule has 1 aromatic heterocycles. The summed E-state index contributed by atoms with van der Waals surface area (Å²) in [4.78, 5) is 13.9. The Hall–Kier alpha value is -3.19. The van der Waals surface area contributed by atoms with Crippen LogP contribution in [0, 0.1) is 32.8 Å². The zero-order valence-electron chi connectivity index (χ0n) is 9.65. The second-order valence-corrected chi connectivity index (χ2v) is 3.72. The molecule has 2 rings (SSSR count). The molecule has 19 heavy (non-hydrogen) atoms. The highest BCUT2D eigenvalue weighted by atomic mass is 16.6. The Morgan fingerprint density at radius 2 is 1.95 bits per heavy atom. The number of hydrogen-bond donors (Lipinski definition) is 0. The Morgan fingerprint density at radius 1 is 1.26 bits per heavy atom. The van der Waals surface area contributed by atoms with Gasteiger partial charge < -0.3 is 4.57 Å². The first-order chi connectivity index (χ1) is 9.15. The smallest absolute Gasteiger partial charge is 0.269 e. The molecule has 0 radical (unpaired) electrons. The molecule has 0 saturated heterocycles. The summed E-state index contributed by atoms with van der Waals surface area (Å²) < 4.78 is 1.53. The van der Waals surface area contributed by atoms with Crippen LogP contribution in [0.15, 0.2) is 30.6 Å². The molecular formula is C12H7N5O2. The predicted octanol–water partition coefficient (Wildman–Crippen LogP) is 1.58. The van der Waals surface area contributed by atoms with Gasteiger partial charge in [0.2, 0.25) is 0 Å². The van der Waals surface area contributed by atoms with E-state index < -0.39 is 4.92 Å². The lowest BCUT2D eigenvalue weighted by molar-refractivity contribution is -0.384. The maximum absolute atomic E-state index is 10.5. The van der Waals surface area contributed by atoms with Crippen molar-refractivity contribution in [2.45, 2.75) is 6.54 Å². The van der Waals surface area contributed by atoms with Crippen LogP contribution in [0.2, 0.25) is 0 Å². The molecule has 1 heterocycles. The van der Waals surface area contributed by atoms with Gasteiger partial charge in [0.25, 0.3) is 5.69 Å². The molecule has 7 heteroatoms. The molecule has 92 valence electrons. The van der Waals surface area contributed by atoms with Gasteiger partial charge in [-0.3, -0.25) is 10.1 Å². The van der Waals surface area contributed by atoms with Gasteiger partial charge in [-0.1, -0.05) is 12.1 Å². The predicted molar refractivity (Wildman–Crippen MR) is 63.9 cm³/mol. The molecule has 0 aliphatic carbocycles. The lowest BCUT2D eigenvalue weighted by atomic mass is 10.2. The molecule has 0 saturated carbocycles. The van der Waals surface area contributed by atoms with Gasteiger partial charge in [-0.25, -0.2) is 4.98 Å². The van der Waals surface area contributed by atoms with E-state index in [9.17, 15) is 10.1 Å². The van der Waals surface area contributed by atoms with E-state index in [4.69, 9.17) is 10.5 Å². The van der Waals surface area contributed by atoms with Crippen LogP contribution in [0.5, 0.6) is 0 Å². The Kier molecular flexibility index (Phi) is 3.22. The lowest BCUT2D eigenvalue weighted by Gasteiger charge is -2.03. The summed E-state index contributed by atoms with van der Waals surface area (Å²) in [5.41, 5.74) is 1.04. The topological polar surface area (TPSA) is 109 Å². The standard InChI is InChI=1S/C12H7N5O2/c13-5-11-12(6-14)16(8-15-11)7-9-1-3-10(4-2-9)17(18)19/h1-4,8H,7H2. The van der Waals surface area contributed by atoms with Crippen LogP contribution in [0.4, 0.5) is 5.69 Å². The highest BCUT2D eigenvalue weighted by molar-refractivity contribution is 5.37. The largest absolute Gasteiger partial charge is 0.317 e. The van der Waals surface area contributed by atoms with E-state index in [0.717, 1.165) is 5.56 Å². The molecule has 1 aromatic carbocycles. The third-order valence-corrected chi connectivity index (χ3v) is 2.55. The average Bonchev–Trinajstić information content (AvgIpc) is 2.81.